The molecule has 0 aromatic rings. The zero-order valence-corrected chi connectivity index (χ0v) is 11.1. The van der Waals surface area contributed by atoms with Crippen molar-refractivity contribution in [3.8, 4) is 0 Å². The summed E-state index contributed by atoms with van der Waals surface area (Å²) in [6.45, 7) is 3.31. The molecule has 0 spiro atoms. The molecule has 5 heteroatoms. The van der Waals surface area contributed by atoms with E-state index < -0.39 is 6.17 Å². The minimum absolute atomic E-state index is 0.177. The number of halogens is 1. The van der Waals surface area contributed by atoms with Gasteiger partial charge in [0, 0.05) is 26.2 Å². The van der Waals surface area contributed by atoms with E-state index in [2.05, 4.69) is 15.5 Å². The van der Waals surface area contributed by atoms with Crippen molar-refractivity contribution in [2.24, 2.45) is 5.92 Å². The van der Waals surface area contributed by atoms with Crippen molar-refractivity contribution in [1.82, 2.24) is 15.5 Å². The summed E-state index contributed by atoms with van der Waals surface area (Å²) in [6.07, 6.45) is 3.16. The van der Waals surface area contributed by atoms with Crippen LogP contribution in [0, 0.1) is 5.92 Å². The number of hydrogen-bond donors (Lipinski definition) is 2. The molecule has 5 atom stereocenters. The van der Waals surface area contributed by atoms with Gasteiger partial charge >= 0.3 is 0 Å². The smallest absolute Gasteiger partial charge is 0.126 e. The summed E-state index contributed by atoms with van der Waals surface area (Å²) in [5.41, 5.74) is 0. The van der Waals surface area contributed by atoms with E-state index in [1.54, 1.807) is 7.11 Å². The lowest BCUT2D eigenvalue weighted by molar-refractivity contribution is -0.0134. The summed E-state index contributed by atoms with van der Waals surface area (Å²) in [4.78, 5) is 2.45. The molecule has 1 saturated carbocycles. The summed E-state index contributed by atoms with van der Waals surface area (Å²) in [5, 5.41) is 7.10. The first kappa shape index (κ1) is 12.8. The molecule has 18 heavy (non-hydrogen) atoms. The van der Waals surface area contributed by atoms with Gasteiger partial charge in [0.1, 0.15) is 12.5 Å². The average molecular weight is 257 g/mol. The van der Waals surface area contributed by atoms with Crippen LogP contribution in [-0.4, -0.2) is 56.3 Å². The van der Waals surface area contributed by atoms with Gasteiger partial charge in [-0.15, -0.1) is 0 Å². The van der Waals surface area contributed by atoms with Crippen molar-refractivity contribution >= 4 is 0 Å². The van der Waals surface area contributed by atoms with E-state index >= 15 is 0 Å². The van der Waals surface area contributed by atoms with Gasteiger partial charge in [0.2, 0.25) is 0 Å². The number of methoxy groups -OCH3 is 1. The fourth-order valence-electron chi connectivity index (χ4n) is 3.68. The zero-order valence-electron chi connectivity index (χ0n) is 11.1. The monoisotopic (exact) mass is 257 g/mol. The van der Waals surface area contributed by atoms with Crippen molar-refractivity contribution in [1.29, 1.82) is 0 Å². The van der Waals surface area contributed by atoms with Gasteiger partial charge in [-0.05, 0) is 38.1 Å². The molecule has 5 unspecified atom stereocenters. The van der Waals surface area contributed by atoms with Crippen molar-refractivity contribution in [3.05, 3.63) is 0 Å². The van der Waals surface area contributed by atoms with Gasteiger partial charge in [-0.1, -0.05) is 0 Å². The third-order valence-electron chi connectivity index (χ3n) is 4.75. The van der Waals surface area contributed by atoms with Crippen molar-refractivity contribution in [2.45, 2.75) is 50.3 Å². The van der Waals surface area contributed by atoms with Gasteiger partial charge in [-0.2, -0.15) is 0 Å². The number of nitrogens with zero attached hydrogens (tertiary/aromatic N) is 1. The van der Waals surface area contributed by atoms with Crippen LogP contribution in [0.4, 0.5) is 4.39 Å². The first-order valence-electron chi connectivity index (χ1n) is 7.18. The molecule has 3 fully saturated rings. The molecular weight excluding hydrogens is 233 g/mol. The third kappa shape index (κ3) is 2.41. The fraction of sp³-hybridized carbons (Fsp3) is 1.00. The summed E-state index contributed by atoms with van der Waals surface area (Å²) in [5.74, 6) is 0.457. The zero-order chi connectivity index (χ0) is 12.5. The second kappa shape index (κ2) is 5.41. The average Bonchev–Trinajstić information content (AvgIpc) is 2.82. The maximum atomic E-state index is 13.9. The number of alkyl halides is 1. The molecule has 2 aliphatic heterocycles. The van der Waals surface area contributed by atoms with E-state index in [1.165, 1.54) is 6.42 Å². The Bertz CT molecular complexity index is 277. The Balaban J connectivity index is 1.56. The Kier molecular flexibility index (Phi) is 3.84. The van der Waals surface area contributed by atoms with Gasteiger partial charge < -0.3 is 4.74 Å². The van der Waals surface area contributed by atoms with Crippen LogP contribution < -0.4 is 10.6 Å². The number of hydrogen-bond acceptors (Lipinski definition) is 4. The Labute approximate surface area is 108 Å². The largest absolute Gasteiger partial charge is 0.378 e. The lowest BCUT2D eigenvalue weighted by atomic mass is 9.81. The number of ether oxygens (including phenoxy) is 1. The first-order chi connectivity index (χ1) is 8.78. The fourth-order valence-corrected chi connectivity index (χ4v) is 3.68. The molecule has 3 rings (SSSR count). The molecular formula is C13H24FN3O. The van der Waals surface area contributed by atoms with Crippen LogP contribution in [0.2, 0.25) is 0 Å². The molecule has 4 nitrogen and oxygen atoms in total. The van der Waals surface area contributed by atoms with E-state index in [1.807, 2.05) is 0 Å². The lowest BCUT2D eigenvalue weighted by Crippen LogP contribution is -2.53. The summed E-state index contributed by atoms with van der Waals surface area (Å²) >= 11 is 0. The molecule has 2 saturated heterocycles. The quantitative estimate of drug-likeness (QED) is 0.763. The molecule has 1 aliphatic carbocycles. The van der Waals surface area contributed by atoms with E-state index in [4.69, 9.17) is 4.74 Å². The summed E-state index contributed by atoms with van der Waals surface area (Å²) in [7, 11) is 1.62. The molecule has 0 aromatic heterocycles. The second-order valence-corrected chi connectivity index (χ2v) is 5.84. The number of rotatable bonds is 2. The van der Waals surface area contributed by atoms with E-state index in [0.717, 1.165) is 32.5 Å². The minimum Gasteiger partial charge on any atom is -0.378 e. The predicted octanol–water partition coefficient (Wildman–Crippen LogP) is 0.690. The highest BCUT2D eigenvalue weighted by atomic mass is 19.1. The van der Waals surface area contributed by atoms with Gasteiger partial charge in [-0.25, -0.2) is 4.39 Å². The van der Waals surface area contributed by atoms with Crippen molar-refractivity contribution < 1.29 is 9.13 Å². The van der Waals surface area contributed by atoms with Crippen molar-refractivity contribution in [3.63, 3.8) is 0 Å². The first-order valence-corrected chi connectivity index (χ1v) is 7.18. The Morgan fingerprint density at radius 1 is 1.33 bits per heavy atom. The van der Waals surface area contributed by atoms with Gasteiger partial charge in [0.15, 0.2) is 0 Å². The van der Waals surface area contributed by atoms with E-state index in [-0.39, 0.29) is 6.10 Å². The Hall–Kier alpha value is -0.230. The standard InChI is InChI=1S/C13H24FN3O/c1-18-12-4-3-9(7-10(12)14)11-8-17-6-2-5-15-13(17)16-11/h9-13,15-16H,2-8H2,1H3. The Morgan fingerprint density at radius 2 is 2.22 bits per heavy atom. The second-order valence-electron chi connectivity index (χ2n) is 5.84. The maximum absolute atomic E-state index is 13.9. The van der Waals surface area contributed by atoms with Crippen LogP contribution in [0.25, 0.3) is 0 Å². The van der Waals surface area contributed by atoms with E-state index in [9.17, 15) is 4.39 Å². The predicted molar refractivity (Wildman–Crippen MR) is 67.9 cm³/mol. The van der Waals surface area contributed by atoms with Crippen molar-refractivity contribution in [2.75, 3.05) is 26.7 Å². The maximum Gasteiger partial charge on any atom is 0.126 e. The molecule has 2 heterocycles. The normalized spacial score (nSPS) is 46.0. The SMILES string of the molecule is COC1CCC(C2CN3CCCNC3N2)CC1F. The number of nitrogens with one attached hydrogen (secondary N) is 2. The Morgan fingerprint density at radius 3 is 2.94 bits per heavy atom. The molecule has 0 bridgehead atoms. The summed E-state index contributed by atoms with van der Waals surface area (Å²) in [6, 6.07) is 0.441. The van der Waals surface area contributed by atoms with E-state index in [0.29, 0.717) is 24.7 Å². The summed E-state index contributed by atoms with van der Waals surface area (Å²) < 4.78 is 19.1. The molecule has 3 aliphatic rings. The third-order valence-corrected chi connectivity index (χ3v) is 4.75. The van der Waals surface area contributed by atoms with Crippen LogP contribution in [0.1, 0.15) is 25.7 Å². The van der Waals surface area contributed by atoms with Gasteiger partial charge in [0.05, 0.1) is 6.10 Å². The molecule has 104 valence electrons. The van der Waals surface area contributed by atoms with Gasteiger partial charge in [0.25, 0.3) is 0 Å². The van der Waals surface area contributed by atoms with Crippen LogP contribution in [0.3, 0.4) is 0 Å². The highest BCUT2D eigenvalue weighted by molar-refractivity contribution is 4.95. The number of fused-ring (bicyclic) bond motifs is 1. The van der Waals surface area contributed by atoms with Gasteiger partial charge in [-0.3, -0.25) is 15.5 Å². The molecule has 0 aromatic carbocycles. The van der Waals surface area contributed by atoms with Crippen LogP contribution in [0.5, 0.6) is 0 Å². The molecule has 0 amide bonds. The highest BCUT2D eigenvalue weighted by Gasteiger charge is 2.40. The minimum atomic E-state index is -0.791. The van der Waals surface area contributed by atoms with Crippen LogP contribution in [-0.2, 0) is 4.74 Å². The molecule has 2 N–H and O–H groups in total. The van der Waals surface area contributed by atoms with Crippen LogP contribution in [0.15, 0.2) is 0 Å². The lowest BCUT2D eigenvalue weighted by Gasteiger charge is -2.34. The van der Waals surface area contributed by atoms with Crippen LogP contribution >= 0.6 is 0 Å². The molecule has 0 radical (unpaired) electrons. The topological polar surface area (TPSA) is 36.5 Å². The highest BCUT2D eigenvalue weighted by Crippen LogP contribution is 2.32.